The van der Waals surface area contributed by atoms with E-state index in [1.807, 2.05) is 24.3 Å². The van der Waals surface area contributed by atoms with Crippen molar-refractivity contribution in [2.24, 2.45) is 0 Å². The quantitative estimate of drug-likeness (QED) is 0.802. The van der Waals surface area contributed by atoms with Crippen LogP contribution < -0.4 is 4.72 Å². The molecule has 6 heteroatoms. The fourth-order valence-corrected chi connectivity index (χ4v) is 2.80. The number of nitrogens with zero attached hydrogens (tertiary/aromatic N) is 1. The number of hydrogen-bond acceptors (Lipinski definition) is 3. The highest BCUT2D eigenvalue weighted by molar-refractivity contribution is 7.87. The van der Waals surface area contributed by atoms with Crippen molar-refractivity contribution in [3.05, 3.63) is 35.4 Å². The van der Waals surface area contributed by atoms with E-state index in [1.54, 1.807) is 0 Å². The number of fused-ring (bicyclic) bond motifs is 1. The summed E-state index contributed by atoms with van der Waals surface area (Å²) in [5.41, 5.74) is 1.84. The van der Waals surface area contributed by atoms with Crippen molar-refractivity contribution < 1.29 is 13.5 Å². The lowest BCUT2D eigenvalue weighted by Gasteiger charge is -2.20. The molecule has 0 radical (unpaired) electrons. The number of aliphatic hydroxyl groups is 1. The minimum Gasteiger partial charge on any atom is -0.391 e. The fraction of sp³-hybridized carbons (Fsp3) is 0.455. The third kappa shape index (κ3) is 2.35. The monoisotopic (exact) mass is 256 g/mol. The van der Waals surface area contributed by atoms with Gasteiger partial charge in [-0.15, -0.1) is 0 Å². The zero-order valence-corrected chi connectivity index (χ0v) is 10.6. The van der Waals surface area contributed by atoms with E-state index in [0.717, 1.165) is 15.4 Å². The van der Waals surface area contributed by atoms with E-state index in [1.165, 1.54) is 14.1 Å². The number of rotatable bonds is 3. The highest BCUT2D eigenvalue weighted by Gasteiger charge is 2.34. The second-order valence-corrected chi connectivity index (χ2v) is 6.27. The van der Waals surface area contributed by atoms with Crippen LogP contribution in [0.15, 0.2) is 24.3 Å². The molecule has 94 valence electrons. The van der Waals surface area contributed by atoms with Crippen LogP contribution in [0.3, 0.4) is 0 Å². The van der Waals surface area contributed by atoms with E-state index in [0.29, 0.717) is 6.42 Å². The van der Waals surface area contributed by atoms with Gasteiger partial charge in [-0.3, -0.25) is 0 Å². The van der Waals surface area contributed by atoms with Crippen molar-refractivity contribution in [1.82, 2.24) is 9.03 Å². The number of hydrogen-bond donors (Lipinski definition) is 2. The molecule has 1 aromatic rings. The van der Waals surface area contributed by atoms with Crippen molar-refractivity contribution in [2.75, 3.05) is 14.1 Å². The molecular weight excluding hydrogens is 240 g/mol. The van der Waals surface area contributed by atoms with Gasteiger partial charge in [0.1, 0.15) is 0 Å². The number of benzene rings is 1. The summed E-state index contributed by atoms with van der Waals surface area (Å²) in [7, 11) is -0.626. The van der Waals surface area contributed by atoms with Gasteiger partial charge in [0.2, 0.25) is 0 Å². The van der Waals surface area contributed by atoms with E-state index in [9.17, 15) is 13.5 Å². The Morgan fingerprint density at radius 2 is 2.00 bits per heavy atom. The topological polar surface area (TPSA) is 69.6 Å². The minimum atomic E-state index is -3.53. The summed E-state index contributed by atoms with van der Waals surface area (Å²) in [6.45, 7) is 0. The molecule has 0 aliphatic heterocycles. The van der Waals surface area contributed by atoms with Crippen LogP contribution in [0, 0.1) is 0 Å². The molecule has 2 unspecified atom stereocenters. The molecule has 2 N–H and O–H groups in total. The molecule has 0 fully saturated rings. The molecule has 5 nitrogen and oxygen atoms in total. The molecule has 0 aromatic heterocycles. The molecule has 1 aromatic carbocycles. The van der Waals surface area contributed by atoms with Crippen LogP contribution >= 0.6 is 0 Å². The van der Waals surface area contributed by atoms with E-state index >= 15 is 0 Å². The standard InChI is InChI=1S/C11H16N2O3S/c1-13(2)17(15,16)12-11-9-6-4-3-5-8(9)7-10(11)14/h3-6,10-12,14H,7H2,1-2H3. The molecule has 0 saturated heterocycles. The summed E-state index contributed by atoms with van der Waals surface area (Å²) in [5.74, 6) is 0. The third-order valence-electron chi connectivity index (χ3n) is 2.96. The lowest BCUT2D eigenvalue weighted by molar-refractivity contribution is 0.151. The maximum atomic E-state index is 11.7. The van der Waals surface area contributed by atoms with Gasteiger partial charge < -0.3 is 5.11 Å². The zero-order valence-electron chi connectivity index (χ0n) is 9.79. The van der Waals surface area contributed by atoms with Crippen LogP contribution in [0.5, 0.6) is 0 Å². The van der Waals surface area contributed by atoms with Gasteiger partial charge in [-0.2, -0.15) is 17.4 Å². The first-order valence-electron chi connectivity index (χ1n) is 5.37. The van der Waals surface area contributed by atoms with Gasteiger partial charge in [0, 0.05) is 20.5 Å². The van der Waals surface area contributed by atoms with E-state index < -0.39 is 22.4 Å². The molecule has 0 amide bonds. The summed E-state index contributed by atoms with van der Waals surface area (Å²) in [6.07, 6.45) is -0.223. The molecule has 0 spiro atoms. The summed E-state index contributed by atoms with van der Waals surface area (Å²) >= 11 is 0. The molecule has 0 heterocycles. The molecular formula is C11H16N2O3S. The fourth-order valence-electron chi connectivity index (χ4n) is 1.98. The van der Waals surface area contributed by atoms with Gasteiger partial charge in [0.15, 0.2) is 0 Å². The maximum Gasteiger partial charge on any atom is 0.279 e. The lowest BCUT2D eigenvalue weighted by Crippen LogP contribution is -2.40. The molecule has 1 aliphatic carbocycles. The first kappa shape index (κ1) is 12.5. The zero-order chi connectivity index (χ0) is 12.6. The smallest absolute Gasteiger partial charge is 0.279 e. The summed E-state index contributed by atoms with van der Waals surface area (Å²) in [4.78, 5) is 0. The Morgan fingerprint density at radius 1 is 1.35 bits per heavy atom. The molecule has 17 heavy (non-hydrogen) atoms. The van der Waals surface area contributed by atoms with E-state index in [2.05, 4.69) is 4.72 Å². The van der Waals surface area contributed by atoms with Crippen LogP contribution in [-0.4, -0.2) is 38.0 Å². The molecule has 2 atom stereocenters. The van der Waals surface area contributed by atoms with Gasteiger partial charge in [-0.1, -0.05) is 24.3 Å². The third-order valence-corrected chi connectivity index (χ3v) is 4.47. The molecule has 1 aliphatic rings. The van der Waals surface area contributed by atoms with Crippen molar-refractivity contribution in [3.63, 3.8) is 0 Å². The predicted octanol–water partition coefficient (Wildman–Crippen LogP) is 0.0407. The maximum absolute atomic E-state index is 11.7. The Kier molecular flexibility index (Phi) is 3.22. The van der Waals surface area contributed by atoms with Crippen molar-refractivity contribution in [2.45, 2.75) is 18.6 Å². The lowest BCUT2D eigenvalue weighted by atomic mass is 10.1. The van der Waals surface area contributed by atoms with Gasteiger partial charge in [-0.05, 0) is 11.1 Å². The van der Waals surface area contributed by atoms with Gasteiger partial charge in [0.25, 0.3) is 10.2 Å². The van der Waals surface area contributed by atoms with E-state index in [4.69, 9.17) is 0 Å². The first-order valence-corrected chi connectivity index (χ1v) is 6.81. The Morgan fingerprint density at radius 3 is 2.65 bits per heavy atom. The SMILES string of the molecule is CN(C)S(=O)(=O)NC1c2ccccc2CC1O. The average molecular weight is 256 g/mol. The first-order chi connectivity index (χ1) is 7.92. The number of nitrogens with one attached hydrogen (secondary N) is 1. The summed E-state index contributed by atoms with van der Waals surface area (Å²) < 4.78 is 27.1. The van der Waals surface area contributed by atoms with Crippen LogP contribution in [0.1, 0.15) is 17.2 Å². The predicted molar refractivity (Wildman–Crippen MR) is 64.6 cm³/mol. The van der Waals surface area contributed by atoms with Crippen molar-refractivity contribution in [3.8, 4) is 0 Å². The Balaban J connectivity index is 2.29. The molecule has 2 rings (SSSR count). The summed E-state index contributed by atoms with van der Waals surface area (Å²) in [5, 5.41) is 9.91. The Bertz CT molecular complexity index is 513. The molecule has 0 saturated carbocycles. The summed E-state index contributed by atoms with van der Waals surface area (Å²) in [6, 6.07) is 6.91. The van der Waals surface area contributed by atoms with Gasteiger partial charge >= 0.3 is 0 Å². The molecule has 0 bridgehead atoms. The second kappa shape index (κ2) is 4.38. The van der Waals surface area contributed by atoms with Crippen LogP contribution in [-0.2, 0) is 16.6 Å². The Labute approximate surface area is 101 Å². The normalized spacial score (nSPS) is 24.0. The second-order valence-electron chi connectivity index (χ2n) is 4.35. The van der Waals surface area contributed by atoms with Crippen molar-refractivity contribution in [1.29, 1.82) is 0 Å². The van der Waals surface area contributed by atoms with Crippen molar-refractivity contribution >= 4 is 10.2 Å². The minimum absolute atomic E-state index is 0.483. The van der Waals surface area contributed by atoms with Crippen LogP contribution in [0.25, 0.3) is 0 Å². The van der Waals surface area contributed by atoms with Crippen LogP contribution in [0.4, 0.5) is 0 Å². The van der Waals surface area contributed by atoms with Gasteiger partial charge in [0.05, 0.1) is 12.1 Å². The largest absolute Gasteiger partial charge is 0.391 e. The average Bonchev–Trinajstić information content (AvgIpc) is 2.55. The van der Waals surface area contributed by atoms with Crippen LogP contribution in [0.2, 0.25) is 0 Å². The van der Waals surface area contributed by atoms with Gasteiger partial charge in [-0.25, -0.2) is 0 Å². The highest BCUT2D eigenvalue weighted by Crippen LogP contribution is 2.31. The Hall–Kier alpha value is -0.950. The highest BCUT2D eigenvalue weighted by atomic mass is 32.2. The number of aliphatic hydroxyl groups excluding tert-OH is 1. The van der Waals surface area contributed by atoms with E-state index in [-0.39, 0.29) is 0 Å².